The summed E-state index contributed by atoms with van der Waals surface area (Å²) in [6.07, 6.45) is 0.132. The molecule has 1 amide bonds. The van der Waals surface area contributed by atoms with E-state index in [1.807, 2.05) is 32.0 Å². The Morgan fingerprint density at radius 3 is 2.77 bits per heavy atom. The molecule has 0 radical (unpaired) electrons. The molecule has 2 aromatic rings. The Kier molecular flexibility index (Phi) is 6.31. The molecular weight excluding hydrogens is 384 g/mol. The third kappa shape index (κ3) is 4.10. The van der Waals surface area contributed by atoms with Gasteiger partial charge in [0, 0.05) is 24.1 Å². The second-order valence-electron chi connectivity index (χ2n) is 7.19. The van der Waals surface area contributed by atoms with Gasteiger partial charge in [0.2, 0.25) is 0 Å². The molecule has 3 rings (SSSR count). The van der Waals surface area contributed by atoms with E-state index in [2.05, 4.69) is 11.1 Å². The summed E-state index contributed by atoms with van der Waals surface area (Å²) in [5, 5.41) is 9.79. The Hall–Kier alpha value is -3.47. The SMILES string of the molecule is CCOC(=O)N1CCc2nc(N)c(C#N)c(-c3ccc(OC(C)C)c(OC)c3)c2C1. The van der Waals surface area contributed by atoms with Crippen LogP contribution in [0.15, 0.2) is 18.2 Å². The molecular formula is C22H26N4O4. The van der Waals surface area contributed by atoms with Crippen LogP contribution < -0.4 is 15.2 Å². The first kappa shape index (κ1) is 21.2. The number of nitrogens with zero attached hydrogens (tertiary/aromatic N) is 3. The Bertz CT molecular complexity index is 998. The number of rotatable bonds is 5. The normalized spacial score (nSPS) is 12.9. The molecule has 1 aromatic carbocycles. The summed E-state index contributed by atoms with van der Waals surface area (Å²) in [5.41, 5.74) is 9.36. The van der Waals surface area contributed by atoms with Gasteiger partial charge >= 0.3 is 6.09 Å². The van der Waals surface area contributed by atoms with Crippen LogP contribution in [0.1, 0.15) is 37.6 Å². The number of nitrogen functional groups attached to an aromatic ring is 1. The molecule has 0 saturated carbocycles. The molecule has 0 fully saturated rings. The summed E-state index contributed by atoms with van der Waals surface area (Å²) < 4.78 is 16.5. The zero-order valence-electron chi connectivity index (χ0n) is 17.7. The van der Waals surface area contributed by atoms with Crippen LogP contribution in [0.4, 0.5) is 10.6 Å². The predicted octanol–water partition coefficient (Wildman–Crippen LogP) is 3.51. The Balaban J connectivity index is 2.14. The second-order valence-corrected chi connectivity index (χ2v) is 7.19. The van der Waals surface area contributed by atoms with Crippen molar-refractivity contribution in [3.8, 4) is 28.7 Å². The number of nitriles is 1. The van der Waals surface area contributed by atoms with E-state index in [0.29, 0.717) is 36.6 Å². The van der Waals surface area contributed by atoms with Crippen LogP contribution in [0.5, 0.6) is 11.5 Å². The topological polar surface area (TPSA) is 111 Å². The number of methoxy groups -OCH3 is 1. The Labute approximate surface area is 176 Å². The lowest BCUT2D eigenvalue weighted by Crippen LogP contribution is -2.37. The van der Waals surface area contributed by atoms with Crippen molar-refractivity contribution >= 4 is 11.9 Å². The molecule has 2 heterocycles. The van der Waals surface area contributed by atoms with E-state index in [1.54, 1.807) is 18.9 Å². The molecule has 158 valence electrons. The first-order chi connectivity index (χ1) is 14.4. The van der Waals surface area contributed by atoms with Crippen molar-refractivity contribution in [3.63, 3.8) is 0 Å². The van der Waals surface area contributed by atoms with Gasteiger partial charge in [-0.15, -0.1) is 0 Å². The molecule has 1 aromatic heterocycles. The van der Waals surface area contributed by atoms with E-state index in [4.69, 9.17) is 19.9 Å². The number of fused-ring (bicyclic) bond motifs is 1. The second kappa shape index (κ2) is 8.91. The van der Waals surface area contributed by atoms with Crippen LogP contribution in [0.2, 0.25) is 0 Å². The molecule has 8 nitrogen and oxygen atoms in total. The minimum atomic E-state index is -0.386. The van der Waals surface area contributed by atoms with Gasteiger partial charge in [0.25, 0.3) is 0 Å². The summed E-state index contributed by atoms with van der Waals surface area (Å²) in [5.74, 6) is 1.34. The van der Waals surface area contributed by atoms with Gasteiger partial charge in [-0.25, -0.2) is 9.78 Å². The number of hydrogen-bond donors (Lipinski definition) is 1. The van der Waals surface area contributed by atoms with Crippen LogP contribution in [0.3, 0.4) is 0 Å². The number of nitrogens with two attached hydrogens (primary N) is 1. The van der Waals surface area contributed by atoms with E-state index in [0.717, 1.165) is 16.8 Å². The van der Waals surface area contributed by atoms with Gasteiger partial charge in [0.05, 0.1) is 32.1 Å². The smallest absolute Gasteiger partial charge is 0.410 e. The molecule has 0 saturated heterocycles. The Morgan fingerprint density at radius 2 is 2.13 bits per heavy atom. The van der Waals surface area contributed by atoms with Crippen LogP contribution >= 0.6 is 0 Å². The number of amides is 1. The maximum atomic E-state index is 12.3. The molecule has 1 aliphatic heterocycles. The highest BCUT2D eigenvalue weighted by molar-refractivity contribution is 5.81. The van der Waals surface area contributed by atoms with Gasteiger partial charge in [0.15, 0.2) is 11.5 Å². The van der Waals surface area contributed by atoms with Gasteiger partial charge in [-0.1, -0.05) is 6.07 Å². The molecule has 0 bridgehead atoms. The fourth-order valence-electron chi connectivity index (χ4n) is 3.56. The first-order valence-corrected chi connectivity index (χ1v) is 9.87. The summed E-state index contributed by atoms with van der Waals surface area (Å²) in [6.45, 7) is 6.71. The molecule has 0 unspecified atom stereocenters. The highest BCUT2D eigenvalue weighted by Crippen LogP contribution is 2.39. The largest absolute Gasteiger partial charge is 0.493 e. The molecule has 8 heteroatoms. The minimum absolute atomic E-state index is 0.0121. The molecule has 1 aliphatic rings. The van der Waals surface area contributed by atoms with Gasteiger partial charge in [-0.05, 0) is 38.5 Å². The van der Waals surface area contributed by atoms with E-state index in [-0.39, 0.29) is 30.1 Å². The number of pyridine rings is 1. The number of aromatic nitrogens is 1. The van der Waals surface area contributed by atoms with Crippen molar-refractivity contribution in [2.24, 2.45) is 0 Å². The molecule has 0 aliphatic carbocycles. The summed E-state index contributed by atoms with van der Waals surface area (Å²) in [4.78, 5) is 18.3. The lowest BCUT2D eigenvalue weighted by Gasteiger charge is -2.30. The highest BCUT2D eigenvalue weighted by atomic mass is 16.6. The summed E-state index contributed by atoms with van der Waals surface area (Å²) >= 11 is 0. The van der Waals surface area contributed by atoms with E-state index >= 15 is 0 Å². The zero-order valence-corrected chi connectivity index (χ0v) is 17.7. The van der Waals surface area contributed by atoms with Crippen molar-refractivity contribution in [1.82, 2.24) is 9.88 Å². The monoisotopic (exact) mass is 410 g/mol. The molecule has 0 atom stereocenters. The van der Waals surface area contributed by atoms with E-state index < -0.39 is 0 Å². The zero-order chi connectivity index (χ0) is 21.8. The van der Waals surface area contributed by atoms with Gasteiger partial charge in [-0.2, -0.15) is 5.26 Å². The standard InChI is InChI=1S/C22H26N4O4/c1-5-29-22(27)26-9-8-17-16(12-26)20(15(11-23)21(24)25-17)14-6-7-18(30-13(2)3)19(10-14)28-4/h6-7,10,13H,5,8-9,12H2,1-4H3,(H2,24,25). The highest BCUT2D eigenvalue weighted by Gasteiger charge is 2.28. The van der Waals surface area contributed by atoms with Crippen molar-refractivity contribution in [1.29, 1.82) is 5.26 Å². The number of benzene rings is 1. The fraction of sp³-hybridized carbons (Fsp3) is 0.409. The quantitative estimate of drug-likeness (QED) is 0.803. The molecule has 2 N–H and O–H groups in total. The Morgan fingerprint density at radius 1 is 1.37 bits per heavy atom. The first-order valence-electron chi connectivity index (χ1n) is 9.87. The number of ether oxygens (including phenoxy) is 3. The average Bonchev–Trinajstić information content (AvgIpc) is 2.72. The van der Waals surface area contributed by atoms with E-state index in [9.17, 15) is 10.1 Å². The van der Waals surface area contributed by atoms with Crippen LogP contribution in [-0.2, 0) is 17.7 Å². The number of carbonyl (C=O) groups is 1. The van der Waals surface area contributed by atoms with E-state index in [1.165, 1.54) is 0 Å². The van der Waals surface area contributed by atoms with Gasteiger partial charge in [-0.3, -0.25) is 0 Å². The van der Waals surface area contributed by atoms with Crippen molar-refractivity contribution in [3.05, 3.63) is 35.0 Å². The third-order valence-electron chi connectivity index (χ3n) is 4.83. The van der Waals surface area contributed by atoms with Crippen molar-refractivity contribution in [2.75, 3.05) is 26.0 Å². The van der Waals surface area contributed by atoms with Crippen LogP contribution in [-0.4, -0.2) is 42.3 Å². The molecule has 30 heavy (non-hydrogen) atoms. The fourth-order valence-corrected chi connectivity index (χ4v) is 3.56. The minimum Gasteiger partial charge on any atom is -0.493 e. The molecule has 0 spiro atoms. The number of carbonyl (C=O) groups excluding carboxylic acids is 1. The van der Waals surface area contributed by atoms with Crippen molar-refractivity contribution < 1.29 is 19.0 Å². The average molecular weight is 410 g/mol. The lowest BCUT2D eigenvalue weighted by atomic mass is 9.91. The van der Waals surface area contributed by atoms with Gasteiger partial charge < -0.3 is 24.8 Å². The maximum absolute atomic E-state index is 12.3. The van der Waals surface area contributed by atoms with Crippen LogP contribution in [0, 0.1) is 11.3 Å². The van der Waals surface area contributed by atoms with Crippen LogP contribution in [0.25, 0.3) is 11.1 Å². The third-order valence-corrected chi connectivity index (χ3v) is 4.83. The maximum Gasteiger partial charge on any atom is 0.410 e. The lowest BCUT2D eigenvalue weighted by molar-refractivity contribution is 0.102. The summed E-state index contributed by atoms with van der Waals surface area (Å²) in [6, 6.07) is 7.66. The van der Waals surface area contributed by atoms with Gasteiger partial charge in [0.1, 0.15) is 17.5 Å². The number of hydrogen-bond acceptors (Lipinski definition) is 7. The predicted molar refractivity (Wildman–Crippen MR) is 112 cm³/mol. The summed E-state index contributed by atoms with van der Waals surface area (Å²) in [7, 11) is 1.57. The number of anilines is 1. The van der Waals surface area contributed by atoms with Crippen molar-refractivity contribution in [2.45, 2.75) is 39.8 Å².